The van der Waals surface area contributed by atoms with Crippen LogP contribution in [0.4, 0.5) is 4.39 Å². The molecule has 0 saturated carbocycles. The van der Waals surface area contributed by atoms with Crippen LogP contribution in [0.25, 0.3) is 0 Å². The van der Waals surface area contributed by atoms with Crippen LogP contribution in [0, 0.1) is 5.82 Å². The molecule has 1 aliphatic heterocycles. The van der Waals surface area contributed by atoms with Crippen LogP contribution in [0.1, 0.15) is 16.7 Å². The van der Waals surface area contributed by atoms with Crippen molar-refractivity contribution in [1.29, 1.82) is 0 Å². The predicted octanol–water partition coefficient (Wildman–Crippen LogP) is 2.68. The van der Waals surface area contributed by atoms with Gasteiger partial charge in [-0.25, -0.2) is 4.39 Å². The number of fused-ring (bicyclic) bond motifs is 1. The summed E-state index contributed by atoms with van der Waals surface area (Å²) >= 11 is 0. The normalized spacial score (nSPS) is 15.1. The Labute approximate surface area is 124 Å². The first kappa shape index (κ1) is 14.0. The number of hydrogen-bond acceptors (Lipinski definition) is 3. The van der Waals surface area contributed by atoms with E-state index in [-0.39, 0.29) is 5.82 Å². The summed E-state index contributed by atoms with van der Waals surface area (Å²) in [6.45, 7) is 3.16. The van der Waals surface area contributed by atoms with Gasteiger partial charge in [0.15, 0.2) is 0 Å². The van der Waals surface area contributed by atoms with Gasteiger partial charge in [-0.2, -0.15) is 0 Å². The summed E-state index contributed by atoms with van der Waals surface area (Å²) in [6, 6.07) is 13.1. The van der Waals surface area contributed by atoms with E-state index in [1.165, 1.54) is 6.07 Å². The molecule has 0 radical (unpaired) electrons. The summed E-state index contributed by atoms with van der Waals surface area (Å²) in [7, 11) is 0. The highest BCUT2D eigenvalue weighted by molar-refractivity contribution is 5.34. The first-order valence-corrected chi connectivity index (χ1v) is 7.16. The average Bonchev–Trinajstić information content (AvgIpc) is 2.71. The number of para-hydroxylation sites is 1. The second kappa shape index (κ2) is 6.24. The molecule has 3 nitrogen and oxygen atoms in total. The number of benzene rings is 2. The number of nitrogens with zero attached hydrogens (tertiary/aromatic N) is 1. The second-order valence-electron chi connectivity index (χ2n) is 5.30. The topological polar surface area (TPSA) is 38.5 Å². The van der Waals surface area contributed by atoms with Crippen LogP contribution < -0.4 is 10.5 Å². The predicted molar refractivity (Wildman–Crippen MR) is 80.3 cm³/mol. The van der Waals surface area contributed by atoms with Gasteiger partial charge in [-0.15, -0.1) is 0 Å². The number of rotatable bonds is 3. The standard InChI is InChI=1S/C17H19FN2O/c18-16-6-5-13(10-19)9-15(16)12-20-7-8-21-17-4-2-1-3-14(17)11-20/h1-6,9H,7-8,10-12,19H2. The Morgan fingerprint density at radius 2 is 2.05 bits per heavy atom. The van der Waals surface area contributed by atoms with Gasteiger partial charge in [0.05, 0.1) is 0 Å². The molecular weight excluding hydrogens is 267 g/mol. The molecule has 2 aromatic rings. The van der Waals surface area contributed by atoms with E-state index < -0.39 is 0 Å². The van der Waals surface area contributed by atoms with Crippen molar-refractivity contribution in [3.05, 3.63) is 65.0 Å². The van der Waals surface area contributed by atoms with Crippen LogP contribution in [0.2, 0.25) is 0 Å². The summed E-state index contributed by atoms with van der Waals surface area (Å²) in [5.41, 5.74) is 8.43. The van der Waals surface area contributed by atoms with Crippen molar-refractivity contribution < 1.29 is 9.13 Å². The maximum atomic E-state index is 14.0. The Morgan fingerprint density at radius 1 is 1.19 bits per heavy atom. The molecule has 0 atom stereocenters. The highest BCUT2D eigenvalue weighted by atomic mass is 19.1. The van der Waals surface area contributed by atoms with Gasteiger partial charge >= 0.3 is 0 Å². The minimum Gasteiger partial charge on any atom is -0.492 e. The lowest BCUT2D eigenvalue weighted by Gasteiger charge is -2.20. The minimum atomic E-state index is -0.175. The zero-order valence-electron chi connectivity index (χ0n) is 11.9. The molecule has 110 valence electrons. The lowest BCUT2D eigenvalue weighted by Crippen LogP contribution is -2.25. The van der Waals surface area contributed by atoms with E-state index in [4.69, 9.17) is 10.5 Å². The van der Waals surface area contributed by atoms with Crippen LogP contribution >= 0.6 is 0 Å². The summed E-state index contributed by atoms with van der Waals surface area (Å²) in [6.07, 6.45) is 0. The van der Waals surface area contributed by atoms with E-state index in [0.29, 0.717) is 25.3 Å². The second-order valence-corrected chi connectivity index (χ2v) is 5.30. The fourth-order valence-electron chi connectivity index (χ4n) is 2.63. The number of halogens is 1. The van der Waals surface area contributed by atoms with E-state index in [0.717, 1.165) is 30.0 Å². The van der Waals surface area contributed by atoms with E-state index in [9.17, 15) is 4.39 Å². The average molecular weight is 286 g/mol. The van der Waals surface area contributed by atoms with E-state index in [2.05, 4.69) is 11.0 Å². The molecule has 0 bridgehead atoms. The van der Waals surface area contributed by atoms with Crippen molar-refractivity contribution in [2.24, 2.45) is 5.73 Å². The van der Waals surface area contributed by atoms with Gasteiger partial charge < -0.3 is 10.5 Å². The molecule has 0 aromatic heterocycles. The van der Waals surface area contributed by atoms with Crippen molar-refractivity contribution in [1.82, 2.24) is 4.90 Å². The number of nitrogens with two attached hydrogens (primary N) is 1. The molecule has 0 aliphatic carbocycles. The highest BCUT2D eigenvalue weighted by Gasteiger charge is 2.16. The fraction of sp³-hybridized carbons (Fsp3) is 0.294. The quantitative estimate of drug-likeness (QED) is 0.943. The third-order valence-corrected chi connectivity index (χ3v) is 3.77. The first-order valence-electron chi connectivity index (χ1n) is 7.16. The van der Waals surface area contributed by atoms with Gasteiger partial charge in [0.1, 0.15) is 18.2 Å². The Hall–Kier alpha value is -1.91. The molecule has 3 rings (SSSR count). The van der Waals surface area contributed by atoms with Crippen LogP contribution in [0.15, 0.2) is 42.5 Å². The Balaban J connectivity index is 1.79. The van der Waals surface area contributed by atoms with Gasteiger partial charge in [0.2, 0.25) is 0 Å². The maximum Gasteiger partial charge on any atom is 0.127 e. The van der Waals surface area contributed by atoms with Gasteiger partial charge in [-0.1, -0.05) is 30.3 Å². The number of hydrogen-bond donors (Lipinski definition) is 1. The van der Waals surface area contributed by atoms with Crippen LogP contribution in [-0.4, -0.2) is 18.1 Å². The van der Waals surface area contributed by atoms with Gasteiger partial charge in [-0.3, -0.25) is 4.90 Å². The molecule has 0 saturated heterocycles. The fourth-order valence-corrected chi connectivity index (χ4v) is 2.63. The van der Waals surface area contributed by atoms with E-state index in [1.54, 1.807) is 6.07 Å². The SMILES string of the molecule is NCc1ccc(F)c(CN2CCOc3ccccc3C2)c1. The molecule has 1 aliphatic rings. The van der Waals surface area contributed by atoms with Gasteiger partial charge in [0.25, 0.3) is 0 Å². The van der Waals surface area contributed by atoms with Crippen LogP contribution in [-0.2, 0) is 19.6 Å². The van der Waals surface area contributed by atoms with Crippen molar-refractivity contribution in [3.8, 4) is 5.75 Å². The van der Waals surface area contributed by atoms with Crippen LogP contribution in [0.5, 0.6) is 5.75 Å². The molecule has 1 heterocycles. The van der Waals surface area contributed by atoms with Gasteiger partial charge in [0, 0.05) is 37.3 Å². The maximum absolute atomic E-state index is 14.0. The molecule has 21 heavy (non-hydrogen) atoms. The minimum absolute atomic E-state index is 0.175. The van der Waals surface area contributed by atoms with E-state index >= 15 is 0 Å². The summed E-state index contributed by atoms with van der Waals surface area (Å²) in [4.78, 5) is 2.20. The molecule has 2 aromatic carbocycles. The van der Waals surface area contributed by atoms with Gasteiger partial charge in [-0.05, 0) is 17.7 Å². The molecule has 0 spiro atoms. The van der Waals surface area contributed by atoms with Crippen molar-refractivity contribution in [2.75, 3.05) is 13.2 Å². The van der Waals surface area contributed by atoms with E-state index in [1.807, 2.05) is 24.3 Å². The summed E-state index contributed by atoms with van der Waals surface area (Å²) in [5.74, 6) is 0.752. The number of ether oxygens (including phenoxy) is 1. The smallest absolute Gasteiger partial charge is 0.127 e. The molecular formula is C17H19FN2O. The lowest BCUT2D eigenvalue weighted by molar-refractivity contribution is 0.217. The third-order valence-electron chi connectivity index (χ3n) is 3.77. The molecule has 2 N–H and O–H groups in total. The Morgan fingerprint density at radius 3 is 2.90 bits per heavy atom. The Bertz CT molecular complexity index is 630. The monoisotopic (exact) mass is 286 g/mol. The highest BCUT2D eigenvalue weighted by Crippen LogP contribution is 2.24. The van der Waals surface area contributed by atoms with Crippen molar-refractivity contribution in [3.63, 3.8) is 0 Å². The van der Waals surface area contributed by atoms with Crippen molar-refractivity contribution in [2.45, 2.75) is 19.6 Å². The molecule has 4 heteroatoms. The molecule has 0 unspecified atom stereocenters. The largest absolute Gasteiger partial charge is 0.492 e. The van der Waals surface area contributed by atoms with Crippen LogP contribution in [0.3, 0.4) is 0 Å². The van der Waals surface area contributed by atoms with Crippen molar-refractivity contribution >= 4 is 0 Å². The molecule has 0 fully saturated rings. The summed E-state index contributed by atoms with van der Waals surface area (Å²) < 4.78 is 19.7. The zero-order valence-corrected chi connectivity index (χ0v) is 11.9. The lowest BCUT2D eigenvalue weighted by atomic mass is 10.1. The molecule has 0 amide bonds. The zero-order chi connectivity index (χ0) is 14.7. The summed E-state index contributed by atoms with van der Waals surface area (Å²) in [5, 5.41) is 0. The third kappa shape index (κ3) is 3.23. The Kier molecular flexibility index (Phi) is 4.18. The first-order chi connectivity index (χ1) is 10.3.